The lowest BCUT2D eigenvalue weighted by Crippen LogP contribution is -2.43. The average molecular weight is 294 g/mol. The Bertz CT molecular complexity index is 528. The van der Waals surface area contributed by atoms with E-state index in [1.54, 1.807) is 11.8 Å². The van der Waals surface area contributed by atoms with E-state index >= 15 is 0 Å². The number of carboxylic acid groups (broad SMARTS) is 1. The topological polar surface area (TPSA) is 78.4 Å². The number of hydrogen-bond acceptors (Lipinski definition) is 4. The number of carbonyl (C=O) groups excluding carboxylic acids is 1. The number of thioether (sulfide) groups is 1. The second-order valence-corrected chi connectivity index (χ2v) is 7.10. The second-order valence-electron chi connectivity index (χ2n) is 5.34. The highest BCUT2D eigenvalue weighted by Gasteiger charge is 2.45. The van der Waals surface area contributed by atoms with Crippen LogP contribution in [0.25, 0.3) is 0 Å². The lowest BCUT2D eigenvalue weighted by Gasteiger charge is -2.20. The minimum Gasteiger partial charge on any atom is -0.480 e. The van der Waals surface area contributed by atoms with Gasteiger partial charge in [0.05, 0.1) is 5.37 Å². The minimum atomic E-state index is -0.833. The average Bonchev–Trinajstić information content (AvgIpc) is 2.65. The molecule has 1 aromatic rings. The van der Waals surface area contributed by atoms with Crippen LogP contribution in [0.5, 0.6) is 0 Å². The van der Waals surface area contributed by atoms with Gasteiger partial charge in [0, 0.05) is 17.4 Å². The van der Waals surface area contributed by atoms with Crippen LogP contribution in [-0.4, -0.2) is 27.8 Å². The molecular formula is C14H18N2O3S. The SMILES string of the molecule is CC(=O)Nc1ccc([C@@H]2N[C@@H](C(=O)O)C(C)(C)S2)cc1. The Kier molecular flexibility index (Phi) is 4.06. The fourth-order valence-corrected chi connectivity index (χ4v) is 3.65. The molecule has 5 nitrogen and oxygen atoms in total. The first kappa shape index (κ1) is 14.9. The Hall–Kier alpha value is -1.53. The molecule has 6 heteroatoms. The molecule has 2 rings (SSSR count). The zero-order valence-electron chi connectivity index (χ0n) is 11.6. The molecule has 108 valence electrons. The van der Waals surface area contributed by atoms with Crippen LogP contribution in [0.3, 0.4) is 0 Å². The van der Waals surface area contributed by atoms with E-state index in [1.165, 1.54) is 6.92 Å². The summed E-state index contributed by atoms with van der Waals surface area (Å²) in [5.41, 5.74) is 1.74. The molecular weight excluding hydrogens is 276 g/mol. The first-order chi connectivity index (χ1) is 9.29. The number of carboxylic acids is 1. The smallest absolute Gasteiger partial charge is 0.322 e. The molecule has 1 aliphatic rings. The van der Waals surface area contributed by atoms with Crippen molar-refractivity contribution in [2.24, 2.45) is 0 Å². The van der Waals surface area contributed by atoms with Crippen LogP contribution in [0.4, 0.5) is 5.69 Å². The van der Waals surface area contributed by atoms with E-state index in [4.69, 9.17) is 0 Å². The van der Waals surface area contributed by atoms with Gasteiger partial charge in [0.15, 0.2) is 0 Å². The standard InChI is InChI=1S/C14H18N2O3S/c1-8(17)15-10-6-4-9(5-7-10)12-16-11(13(18)19)14(2,3)20-12/h4-7,11-12,16H,1-3H3,(H,15,17)(H,18,19)/t11-,12+/m0/s1. The van der Waals surface area contributed by atoms with Crippen LogP contribution in [0.1, 0.15) is 31.7 Å². The fraction of sp³-hybridized carbons (Fsp3) is 0.429. The number of nitrogens with one attached hydrogen (secondary N) is 2. The van der Waals surface area contributed by atoms with Crippen molar-refractivity contribution in [1.82, 2.24) is 5.32 Å². The van der Waals surface area contributed by atoms with Gasteiger partial charge in [-0.3, -0.25) is 14.9 Å². The number of benzene rings is 1. The lowest BCUT2D eigenvalue weighted by atomic mass is 10.0. The molecule has 0 radical (unpaired) electrons. The van der Waals surface area contributed by atoms with E-state index in [1.807, 2.05) is 38.1 Å². The van der Waals surface area contributed by atoms with Crippen LogP contribution < -0.4 is 10.6 Å². The van der Waals surface area contributed by atoms with E-state index < -0.39 is 12.0 Å². The predicted octanol–water partition coefficient (Wildman–Crippen LogP) is 2.21. The normalized spacial score (nSPS) is 24.4. The van der Waals surface area contributed by atoms with Crippen molar-refractivity contribution in [3.05, 3.63) is 29.8 Å². The highest BCUT2D eigenvalue weighted by Crippen LogP contribution is 2.45. The molecule has 0 aliphatic carbocycles. The van der Waals surface area contributed by atoms with Gasteiger partial charge in [-0.1, -0.05) is 12.1 Å². The van der Waals surface area contributed by atoms with Crippen molar-refractivity contribution >= 4 is 29.3 Å². The van der Waals surface area contributed by atoms with Crippen molar-refractivity contribution in [2.45, 2.75) is 36.9 Å². The highest BCUT2D eigenvalue weighted by atomic mass is 32.2. The molecule has 0 saturated carbocycles. The molecule has 1 heterocycles. The van der Waals surface area contributed by atoms with Crippen LogP contribution in [0, 0.1) is 0 Å². The third kappa shape index (κ3) is 3.13. The van der Waals surface area contributed by atoms with Gasteiger partial charge in [-0.25, -0.2) is 0 Å². The maximum atomic E-state index is 11.2. The molecule has 1 saturated heterocycles. The monoisotopic (exact) mass is 294 g/mol. The van der Waals surface area contributed by atoms with Gasteiger partial charge in [-0.2, -0.15) is 0 Å². The summed E-state index contributed by atoms with van der Waals surface area (Å²) in [6, 6.07) is 6.86. The highest BCUT2D eigenvalue weighted by molar-refractivity contribution is 8.01. The number of anilines is 1. The molecule has 1 amide bonds. The summed E-state index contributed by atoms with van der Waals surface area (Å²) in [7, 11) is 0. The van der Waals surface area contributed by atoms with E-state index in [0.717, 1.165) is 11.3 Å². The van der Waals surface area contributed by atoms with Gasteiger partial charge in [0.25, 0.3) is 0 Å². The molecule has 20 heavy (non-hydrogen) atoms. The largest absolute Gasteiger partial charge is 0.480 e. The summed E-state index contributed by atoms with van der Waals surface area (Å²) in [5, 5.41) is 15.0. The lowest BCUT2D eigenvalue weighted by molar-refractivity contribution is -0.139. The fourth-order valence-electron chi connectivity index (χ4n) is 2.24. The first-order valence-electron chi connectivity index (χ1n) is 6.34. The summed E-state index contributed by atoms with van der Waals surface area (Å²) in [6.45, 7) is 5.31. The zero-order chi connectivity index (χ0) is 14.9. The molecule has 1 fully saturated rings. The van der Waals surface area contributed by atoms with Gasteiger partial charge in [-0.05, 0) is 31.5 Å². The number of hydrogen-bond donors (Lipinski definition) is 3. The third-order valence-corrected chi connectivity index (χ3v) is 4.70. The predicted molar refractivity (Wildman–Crippen MR) is 79.7 cm³/mol. The molecule has 1 aliphatic heterocycles. The maximum absolute atomic E-state index is 11.2. The van der Waals surface area contributed by atoms with Crippen molar-refractivity contribution in [2.75, 3.05) is 5.32 Å². The minimum absolute atomic E-state index is 0.0579. The van der Waals surface area contributed by atoms with Gasteiger partial charge in [0.2, 0.25) is 5.91 Å². The van der Waals surface area contributed by atoms with Crippen molar-refractivity contribution in [1.29, 1.82) is 0 Å². The summed E-state index contributed by atoms with van der Waals surface area (Å²) in [6.07, 6.45) is 0. The van der Waals surface area contributed by atoms with Crippen LogP contribution in [0.15, 0.2) is 24.3 Å². The summed E-state index contributed by atoms with van der Waals surface area (Å²) in [5.74, 6) is -0.946. The van der Waals surface area contributed by atoms with E-state index in [9.17, 15) is 14.7 Å². The van der Waals surface area contributed by atoms with Crippen molar-refractivity contribution in [3.8, 4) is 0 Å². The summed E-state index contributed by atoms with van der Waals surface area (Å²) in [4.78, 5) is 22.2. The van der Waals surface area contributed by atoms with Crippen LogP contribution in [-0.2, 0) is 9.59 Å². The molecule has 1 aromatic carbocycles. The Labute approximate surface area is 122 Å². The second kappa shape index (κ2) is 5.46. The van der Waals surface area contributed by atoms with Gasteiger partial charge in [-0.15, -0.1) is 11.8 Å². The molecule has 0 spiro atoms. The van der Waals surface area contributed by atoms with E-state index in [0.29, 0.717) is 0 Å². The van der Waals surface area contributed by atoms with Crippen molar-refractivity contribution < 1.29 is 14.7 Å². The molecule has 0 aromatic heterocycles. The van der Waals surface area contributed by atoms with E-state index in [2.05, 4.69) is 10.6 Å². The molecule has 3 N–H and O–H groups in total. The quantitative estimate of drug-likeness (QED) is 0.796. The molecule has 0 bridgehead atoms. The Morgan fingerprint density at radius 3 is 2.35 bits per heavy atom. The number of carbonyl (C=O) groups is 2. The Morgan fingerprint density at radius 2 is 1.90 bits per heavy atom. The summed E-state index contributed by atoms with van der Waals surface area (Å²) >= 11 is 1.60. The van der Waals surface area contributed by atoms with Gasteiger partial charge < -0.3 is 10.4 Å². The Balaban J connectivity index is 2.13. The van der Waals surface area contributed by atoms with E-state index in [-0.39, 0.29) is 16.0 Å². The number of aliphatic carboxylic acids is 1. The van der Waals surface area contributed by atoms with Crippen molar-refractivity contribution in [3.63, 3.8) is 0 Å². The molecule has 2 atom stereocenters. The molecule has 0 unspecified atom stereocenters. The Morgan fingerprint density at radius 1 is 1.30 bits per heavy atom. The first-order valence-corrected chi connectivity index (χ1v) is 7.22. The zero-order valence-corrected chi connectivity index (χ0v) is 12.5. The maximum Gasteiger partial charge on any atom is 0.322 e. The number of rotatable bonds is 3. The van der Waals surface area contributed by atoms with Gasteiger partial charge >= 0.3 is 5.97 Å². The third-order valence-electron chi connectivity index (χ3n) is 3.22. The number of amides is 1. The van der Waals surface area contributed by atoms with Gasteiger partial charge in [0.1, 0.15) is 6.04 Å². The van der Waals surface area contributed by atoms with Crippen LogP contribution in [0.2, 0.25) is 0 Å². The van der Waals surface area contributed by atoms with Crippen LogP contribution >= 0.6 is 11.8 Å². The summed E-state index contributed by atoms with van der Waals surface area (Å²) < 4.78 is -0.368.